The number of aliphatic hydroxyl groups excluding tert-OH is 4. The normalized spacial score (nSPS) is 34.0. The Morgan fingerprint density at radius 2 is 1.80 bits per heavy atom. The van der Waals surface area contributed by atoms with Crippen LogP contribution in [0.25, 0.3) is 0 Å². The van der Waals surface area contributed by atoms with E-state index in [9.17, 15) is 15.3 Å². The second-order valence-corrected chi connectivity index (χ2v) is 5.23. The Bertz CT molecular complexity index is 469. The summed E-state index contributed by atoms with van der Waals surface area (Å²) >= 11 is 11.7. The highest BCUT2D eigenvalue weighted by atomic mass is 35.5. The monoisotopic (exact) mass is 324 g/mol. The lowest BCUT2D eigenvalue weighted by molar-refractivity contribution is -0.277. The molecule has 1 saturated heterocycles. The molecule has 0 saturated carbocycles. The van der Waals surface area contributed by atoms with Gasteiger partial charge in [-0.25, -0.2) is 0 Å². The first-order chi connectivity index (χ1) is 9.43. The fourth-order valence-corrected chi connectivity index (χ4v) is 2.31. The third-order valence-corrected chi connectivity index (χ3v) is 3.52. The molecular formula is C12H14Cl2O6. The summed E-state index contributed by atoms with van der Waals surface area (Å²) in [6.45, 7) is -0.529. The van der Waals surface area contributed by atoms with Crippen molar-refractivity contribution < 1.29 is 29.9 Å². The van der Waals surface area contributed by atoms with Crippen molar-refractivity contribution in [1.82, 2.24) is 0 Å². The van der Waals surface area contributed by atoms with Crippen LogP contribution in [-0.4, -0.2) is 57.7 Å². The molecule has 0 unspecified atom stereocenters. The predicted molar refractivity (Wildman–Crippen MR) is 70.9 cm³/mol. The van der Waals surface area contributed by atoms with E-state index in [4.69, 9.17) is 37.8 Å². The summed E-state index contributed by atoms with van der Waals surface area (Å²) in [5, 5.41) is 38.8. The average Bonchev–Trinajstić information content (AvgIpc) is 2.42. The molecule has 6 nitrogen and oxygen atoms in total. The van der Waals surface area contributed by atoms with Gasteiger partial charge in [-0.05, 0) is 18.2 Å². The number of rotatable bonds is 3. The van der Waals surface area contributed by atoms with Gasteiger partial charge in [-0.2, -0.15) is 0 Å². The quantitative estimate of drug-likeness (QED) is 0.632. The van der Waals surface area contributed by atoms with Gasteiger partial charge in [0.2, 0.25) is 6.29 Å². The SMILES string of the molecule is OC[C@@H]1O[C@@H](Oc2ccc(Cl)cc2Cl)[C@@H](O)[C@H](O)[C@H]1O. The first-order valence-corrected chi connectivity index (χ1v) is 6.62. The van der Waals surface area contributed by atoms with Gasteiger partial charge in [0.25, 0.3) is 0 Å². The Morgan fingerprint density at radius 1 is 1.10 bits per heavy atom. The molecule has 1 aromatic rings. The summed E-state index contributed by atoms with van der Waals surface area (Å²) in [5.74, 6) is 0.195. The van der Waals surface area contributed by atoms with Gasteiger partial charge in [0.15, 0.2) is 0 Å². The number of halogens is 2. The molecule has 0 bridgehead atoms. The Kier molecular flexibility index (Phi) is 5.09. The topological polar surface area (TPSA) is 99.4 Å². The average molecular weight is 325 g/mol. The molecule has 20 heavy (non-hydrogen) atoms. The Morgan fingerprint density at radius 3 is 2.40 bits per heavy atom. The van der Waals surface area contributed by atoms with Gasteiger partial charge in [0.1, 0.15) is 30.2 Å². The molecule has 0 aliphatic carbocycles. The summed E-state index contributed by atoms with van der Waals surface area (Å²) in [4.78, 5) is 0. The molecule has 5 atom stereocenters. The standard InChI is InChI=1S/C12H14Cl2O6/c13-5-1-2-7(6(14)3-5)19-12-11(18)10(17)9(16)8(4-15)20-12/h1-3,8-12,15-18H,4H2/t8-,9-,10+,11-,12+/m0/s1. The maximum absolute atomic E-state index is 9.82. The molecule has 0 spiro atoms. The van der Waals surface area contributed by atoms with Gasteiger partial charge in [-0.15, -0.1) is 0 Å². The van der Waals surface area contributed by atoms with Crippen LogP contribution in [0.2, 0.25) is 10.0 Å². The molecule has 4 N–H and O–H groups in total. The van der Waals surface area contributed by atoms with E-state index < -0.39 is 37.3 Å². The molecule has 1 aliphatic heterocycles. The van der Waals surface area contributed by atoms with Crippen molar-refractivity contribution in [2.45, 2.75) is 30.7 Å². The Labute approximate surface area is 125 Å². The minimum absolute atomic E-state index is 0.195. The van der Waals surface area contributed by atoms with Crippen LogP contribution in [0.5, 0.6) is 5.75 Å². The van der Waals surface area contributed by atoms with Crippen LogP contribution >= 0.6 is 23.2 Å². The molecular weight excluding hydrogens is 311 g/mol. The van der Waals surface area contributed by atoms with Crippen LogP contribution in [0.1, 0.15) is 0 Å². The highest BCUT2D eigenvalue weighted by Crippen LogP contribution is 2.31. The van der Waals surface area contributed by atoms with E-state index in [0.29, 0.717) is 5.02 Å². The molecule has 1 aromatic carbocycles. The summed E-state index contributed by atoms with van der Waals surface area (Å²) in [5.41, 5.74) is 0. The summed E-state index contributed by atoms with van der Waals surface area (Å²) in [7, 11) is 0. The van der Waals surface area contributed by atoms with Crippen LogP contribution in [-0.2, 0) is 4.74 Å². The molecule has 1 aliphatic rings. The van der Waals surface area contributed by atoms with E-state index in [1.54, 1.807) is 0 Å². The van der Waals surface area contributed by atoms with Crippen LogP contribution in [0.15, 0.2) is 18.2 Å². The lowest BCUT2D eigenvalue weighted by atomic mass is 9.99. The smallest absolute Gasteiger partial charge is 0.229 e. The van der Waals surface area contributed by atoms with Crippen molar-refractivity contribution in [3.05, 3.63) is 28.2 Å². The van der Waals surface area contributed by atoms with Crippen molar-refractivity contribution in [3.63, 3.8) is 0 Å². The van der Waals surface area contributed by atoms with Crippen molar-refractivity contribution >= 4 is 23.2 Å². The van der Waals surface area contributed by atoms with Gasteiger partial charge in [0.05, 0.1) is 11.6 Å². The molecule has 0 aromatic heterocycles. The van der Waals surface area contributed by atoms with Crippen molar-refractivity contribution in [2.24, 2.45) is 0 Å². The van der Waals surface area contributed by atoms with E-state index in [2.05, 4.69) is 0 Å². The van der Waals surface area contributed by atoms with E-state index in [-0.39, 0.29) is 10.8 Å². The highest BCUT2D eigenvalue weighted by molar-refractivity contribution is 6.35. The van der Waals surface area contributed by atoms with Gasteiger partial charge in [0, 0.05) is 5.02 Å². The van der Waals surface area contributed by atoms with Gasteiger partial charge in [-0.3, -0.25) is 0 Å². The molecule has 0 amide bonds. The summed E-state index contributed by atoms with van der Waals surface area (Å²) < 4.78 is 10.6. The molecule has 8 heteroatoms. The summed E-state index contributed by atoms with van der Waals surface area (Å²) in [6.07, 6.45) is -6.74. The van der Waals surface area contributed by atoms with Crippen LogP contribution < -0.4 is 4.74 Å². The van der Waals surface area contributed by atoms with E-state index in [0.717, 1.165) is 0 Å². The molecule has 1 fully saturated rings. The van der Waals surface area contributed by atoms with Gasteiger partial charge < -0.3 is 29.9 Å². The van der Waals surface area contributed by atoms with Crippen LogP contribution in [0.3, 0.4) is 0 Å². The van der Waals surface area contributed by atoms with Gasteiger partial charge >= 0.3 is 0 Å². The van der Waals surface area contributed by atoms with Crippen molar-refractivity contribution in [1.29, 1.82) is 0 Å². The number of aliphatic hydroxyl groups is 4. The number of ether oxygens (including phenoxy) is 2. The second kappa shape index (κ2) is 6.44. The molecule has 112 valence electrons. The predicted octanol–water partition coefficient (Wildman–Crippen LogP) is 0.172. The lowest BCUT2D eigenvalue weighted by Gasteiger charge is -2.39. The maximum atomic E-state index is 9.82. The molecule has 0 radical (unpaired) electrons. The van der Waals surface area contributed by atoms with Crippen LogP contribution in [0.4, 0.5) is 0 Å². The molecule has 2 rings (SSSR count). The number of hydrogen-bond acceptors (Lipinski definition) is 6. The number of hydrogen-bond donors (Lipinski definition) is 4. The minimum atomic E-state index is -1.50. The van der Waals surface area contributed by atoms with Gasteiger partial charge in [-0.1, -0.05) is 23.2 Å². The Balaban J connectivity index is 2.15. The zero-order valence-electron chi connectivity index (χ0n) is 10.2. The van der Waals surface area contributed by atoms with Crippen molar-refractivity contribution in [3.8, 4) is 5.75 Å². The minimum Gasteiger partial charge on any atom is -0.460 e. The number of benzene rings is 1. The lowest BCUT2D eigenvalue weighted by Crippen LogP contribution is -2.60. The maximum Gasteiger partial charge on any atom is 0.229 e. The highest BCUT2D eigenvalue weighted by Gasteiger charge is 2.44. The Hall–Kier alpha value is -0.600. The fourth-order valence-electron chi connectivity index (χ4n) is 1.86. The third kappa shape index (κ3) is 3.17. The summed E-state index contributed by atoms with van der Waals surface area (Å²) in [6, 6.07) is 4.46. The fraction of sp³-hybridized carbons (Fsp3) is 0.500. The van der Waals surface area contributed by atoms with E-state index in [1.165, 1.54) is 18.2 Å². The first-order valence-electron chi connectivity index (χ1n) is 5.86. The van der Waals surface area contributed by atoms with Crippen LogP contribution in [0, 0.1) is 0 Å². The first kappa shape index (κ1) is 15.8. The zero-order valence-corrected chi connectivity index (χ0v) is 11.7. The third-order valence-electron chi connectivity index (χ3n) is 2.99. The molecule has 1 heterocycles. The van der Waals surface area contributed by atoms with E-state index in [1.807, 2.05) is 0 Å². The van der Waals surface area contributed by atoms with Crippen molar-refractivity contribution in [2.75, 3.05) is 6.61 Å². The largest absolute Gasteiger partial charge is 0.460 e. The van der Waals surface area contributed by atoms with E-state index >= 15 is 0 Å². The zero-order chi connectivity index (χ0) is 14.9. The second-order valence-electron chi connectivity index (χ2n) is 4.39.